The molecule has 1 N–H and O–H groups in total. The topological polar surface area (TPSA) is 47.9 Å². The van der Waals surface area contributed by atoms with Gasteiger partial charge in [0, 0.05) is 0 Å². The molecule has 0 aromatic rings. The first kappa shape index (κ1) is 21.8. The number of hydrogen-bond donors (Lipinski definition) is 1. The second-order valence-corrected chi connectivity index (χ2v) is 6.59. The predicted octanol–water partition coefficient (Wildman–Crippen LogP) is 6.46. The van der Waals surface area contributed by atoms with Crippen molar-refractivity contribution in [1.82, 2.24) is 0 Å². The fraction of sp³-hybridized carbons (Fsp3) is 1.00. The highest BCUT2D eigenvalue weighted by Gasteiger charge is 2.26. The first-order valence-electron chi connectivity index (χ1n) is 9.34. The van der Waals surface area contributed by atoms with E-state index < -0.39 is 0 Å². The normalized spacial score (nSPS) is 12.0. The molecule has 134 valence electrons. The summed E-state index contributed by atoms with van der Waals surface area (Å²) in [7, 11) is 0. The van der Waals surface area contributed by atoms with Crippen molar-refractivity contribution in [3.63, 3.8) is 0 Å². The summed E-state index contributed by atoms with van der Waals surface area (Å²) < 4.78 is 0. The largest absolute Gasteiger partial charge is 0.219 e. The maximum atomic E-state index is 7.90. The van der Waals surface area contributed by atoms with Gasteiger partial charge in [-0.05, 0) is 47.6 Å². The first-order chi connectivity index (χ1) is 10.7. The highest BCUT2D eigenvalue weighted by Crippen LogP contribution is 2.40. The lowest BCUT2D eigenvalue weighted by molar-refractivity contribution is -0.623. The third-order valence-corrected chi connectivity index (χ3v) is 4.60. The fourth-order valence-electron chi connectivity index (χ4n) is 3.76. The molecule has 0 rings (SSSR count). The van der Waals surface area contributed by atoms with Crippen LogP contribution in [0, 0.1) is 5.41 Å². The van der Waals surface area contributed by atoms with Crippen LogP contribution in [0.15, 0.2) is 0 Å². The second-order valence-electron chi connectivity index (χ2n) is 6.59. The molecule has 0 aliphatic heterocycles. The molecule has 0 aromatic carbocycles. The molecule has 0 aromatic heterocycles. The van der Waals surface area contributed by atoms with Gasteiger partial charge in [-0.1, -0.05) is 72.1 Å². The van der Waals surface area contributed by atoms with E-state index in [1.807, 2.05) is 0 Å². The molecule has 22 heavy (non-hydrogen) atoms. The van der Waals surface area contributed by atoms with E-state index in [1.165, 1.54) is 70.6 Å². The van der Waals surface area contributed by atoms with Crippen molar-refractivity contribution < 1.29 is 20.2 Å². The van der Waals surface area contributed by atoms with Gasteiger partial charge in [-0.3, -0.25) is 0 Å². The van der Waals surface area contributed by atoms with E-state index >= 15 is 0 Å². The third kappa shape index (κ3) is 11.4. The molecule has 0 amide bonds. The number of hydrogen-bond acceptors (Lipinski definition) is 4. The van der Waals surface area contributed by atoms with Gasteiger partial charge >= 0.3 is 0 Å². The smallest absolute Gasteiger partial charge is 0.0854 e. The van der Waals surface area contributed by atoms with E-state index in [9.17, 15) is 0 Å². The Morgan fingerprint density at radius 1 is 0.682 bits per heavy atom. The van der Waals surface area contributed by atoms with Gasteiger partial charge in [0.2, 0.25) is 0 Å². The van der Waals surface area contributed by atoms with Crippen LogP contribution in [0.1, 0.15) is 104 Å². The fourth-order valence-corrected chi connectivity index (χ4v) is 3.76. The van der Waals surface area contributed by atoms with Gasteiger partial charge in [0.25, 0.3) is 0 Å². The van der Waals surface area contributed by atoms with Gasteiger partial charge in [0.1, 0.15) is 0 Å². The van der Waals surface area contributed by atoms with Gasteiger partial charge in [-0.2, -0.15) is 0 Å². The standard InChI is InChI=1S/C18H38O4/c1-4-13-18(14-5-2,15-6-3)16-11-9-7-8-10-12-17-20-22-21-19/h19H,4-17H2,1-3H3. The highest BCUT2D eigenvalue weighted by atomic mass is 17.6. The summed E-state index contributed by atoms with van der Waals surface area (Å²) in [6.07, 6.45) is 16.9. The van der Waals surface area contributed by atoms with Crippen molar-refractivity contribution in [2.24, 2.45) is 5.41 Å². The lowest BCUT2D eigenvalue weighted by Crippen LogP contribution is -2.20. The lowest BCUT2D eigenvalue weighted by Gasteiger charge is -2.34. The Hall–Kier alpha value is -0.160. The minimum Gasteiger partial charge on any atom is -0.219 e. The summed E-state index contributed by atoms with van der Waals surface area (Å²) in [4.78, 5) is 4.56. The SMILES string of the molecule is CCCC(CCC)(CCC)CCCCCCCCOOOO. The van der Waals surface area contributed by atoms with Crippen molar-refractivity contribution >= 4 is 0 Å². The van der Waals surface area contributed by atoms with Crippen LogP contribution in [0.3, 0.4) is 0 Å². The summed E-state index contributed by atoms with van der Waals surface area (Å²) in [6.45, 7) is 7.45. The van der Waals surface area contributed by atoms with Gasteiger partial charge < -0.3 is 0 Å². The van der Waals surface area contributed by atoms with E-state index in [-0.39, 0.29) is 0 Å². The van der Waals surface area contributed by atoms with E-state index in [4.69, 9.17) is 5.26 Å². The molecule has 0 spiro atoms. The molecular weight excluding hydrogens is 280 g/mol. The van der Waals surface area contributed by atoms with E-state index in [0.29, 0.717) is 12.0 Å². The monoisotopic (exact) mass is 318 g/mol. The molecule has 0 unspecified atom stereocenters. The van der Waals surface area contributed by atoms with E-state index in [1.54, 1.807) is 0 Å². The summed E-state index contributed by atoms with van der Waals surface area (Å²) in [5.74, 6) is 0. The summed E-state index contributed by atoms with van der Waals surface area (Å²) >= 11 is 0. The van der Waals surface area contributed by atoms with Crippen LogP contribution in [0.25, 0.3) is 0 Å². The van der Waals surface area contributed by atoms with Crippen LogP contribution in [0.2, 0.25) is 0 Å². The Labute approximate surface area is 137 Å². The zero-order chi connectivity index (χ0) is 16.5. The summed E-state index contributed by atoms with van der Waals surface area (Å²) in [6, 6.07) is 0. The molecular formula is C18H38O4. The average molecular weight is 318 g/mol. The van der Waals surface area contributed by atoms with Gasteiger partial charge in [0.05, 0.1) is 6.61 Å². The summed E-state index contributed by atoms with van der Waals surface area (Å²) in [5.41, 5.74) is 0.619. The molecule has 0 atom stereocenters. The Kier molecular flexibility index (Phi) is 15.6. The molecule has 0 heterocycles. The summed E-state index contributed by atoms with van der Waals surface area (Å²) in [5, 5.41) is 15.2. The molecule has 4 nitrogen and oxygen atoms in total. The van der Waals surface area contributed by atoms with E-state index in [2.05, 4.69) is 35.7 Å². The Morgan fingerprint density at radius 3 is 1.68 bits per heavy atom. The molecule has 0 saturated heterocycles. The van der Waals surface area contributed by atoms with Gasteiger partial charge in [-0.25, -0.2) is 10.1 Å². The Morgan fingerprint density at radius 2 is 1.18 bits per heavy atom. The molecule has 0 fully saturated rings. The lowest BCUT2D eigenvalue weighted by atomic mass is 9.72. The van der Waals surface area contributed by atoms with Crippen LogP contribution in [0.5, 0.6) is 0 Å². The zero-order valence-electron chi connectivity index (χ0n) is 15.1. The van der Waals surface area contributed by atoms with Crippen LogP contribution < -0.4 is 0 Å². The van der Waals surface area contributed by atoms with E-state index in [0.717, 1.165) is 12.8 Å². The molecule has 0 aliphatic rings. The third-order valence-electron chi connectivity index (χ3n) is 4.60. The van der Waals surface area contributed by atoms with Crippen molar-refractivity contribution in [1.29, 1.82) is 0 Å². The van der Waals surface area contributed by atoms with Crippen molar-refractivity contribution in [2.45, 2.75) is 104 Å². The minimum atomic E-state index is 0.465. The average Bonchev–Trinajstić information content (AvgIpc) is 2.50. The second kappa shape index (κ2) is 15.7. The quantitative estimate of drug-likeness (QED) is 0.190. The van der Waals surface area contributed by atoms with Crippen LogP contribution in [-0.2, 0) is 15.0 Å². The first-order valence-corrected chi connectivity index (χ1v) is 9.34. The Balaban J connectivity index is 3.70. The van der Waals surface area contributed by atoms with Crippen LogP contribution >= 0.6 is 0 Å². The Bertz CT molecular complexity index is 204. The van der Waals surface area contributed by atoms with Gasteiger partial charge in [-0.15, -0.1) is 0 Å². The van der Waals surface area contributed by atoms with Crippen molar-refractivity contribution in [2.75, 3.05) is 6.61 Å². The van der Waals surface area contributed by atoms with Gasteiger partial charge in [0.15, 0.2) is 0 Å². The molecule has 0 bridgehead atoms. The molecule has 0 saturated carbocycles. The minimum absolute atomic E-state index is 0.465. The molecule has 4 heteroatoms. The maximum absolute atomic E-state index is 7.90. The molecule has 0 radical (unpaired) electrons. The molecule has 0 aliphatic carbocycles. The predicted molar refractivity (Wildman–Crippen MR) is 90.2 cm³/mol. The van der Waals surface area contributed by atoms with Crippen molar-refractivity contribution in [3.05, 3.63) is 0 Å². The van der Waals surface area contributed by atoms with Crippen LogP contribution in [-0.4, -0.2) is 11.9 Å². The zero-order valence-corrected chi connectivity index (χ0v) is 15.1. The van der Waals surface area contributed by atoms with Crippen LogP contribution in [0.4, 0.5) is 0 Å². The number of rotatable bonds is 17. The van der Waals surface area contributed by atoms with Crippen molar-refractivity contribution in [3.8, 4) is 0 Å². The maximum Gasteiger partial charge on any atom is 0.0854 e. The number of unbranched alkanes of at least 4 members (excludes halogenated alkanes) is 5. The highest BCUT2D eigenvalue weighted by molar-refractivity contribution is 4.78.